The fraction of sp³-hybridized carbons (Fsp3) is 0.0526. The van der Waals surface area contributed by atoms with Crippen molar-refractivity contribution in [3.05, 3.63) is 182 Å². The first-order valence-electron chi connectivity index (χ1n) is 14.8. The molecule has 3 N–H and O–H groups in total. The second-order valence-electron chi connectivity index (χ2n) is 10.5. The molecule has 0 atom stereocenters. The zero-order chi connectivity index (χ0) is 29.4. The first kappa shape index (κ1) is 29.8. The molecule has 0 saturated carbocycles. The average Bonchev–Trinajstić information content (AvgIpc) is 3.10. The summed E-state index contributed by atoms with van der Waals surface area (Å²) in [5.41, 5.74) is 0.973. The van der Waals surface area contributed by atoms with Crippen molar-refractivity contribution in [1.82, 2.24) is 4.06 Å². The fourth-order valence-corrected chi connectivity index (χ4v) is 60.4. The molecule has 0 heterocycles. The van der Waals surface area contributed by atoms with Crippen molar-refractivity contribution in [2.45, 2.75) is 0 Å². The quantitative estimate of drug-likeness (QED) is 0.152. The Morgan fingerprint density at radius 1 is 0.372 bits per heavy atom. The van der Waals surface area contributed by atoms with Crippen LogP contribution in [0.3, 0.4) is 0 Å². The first-order chi connectivity index (χ1) is 21.3. The van der Waals surface area contributed by atoms with Crippen LogP contribution in [-0.4, -0.2) is 13.1 Å². The number of nitrogens with two attached hydrogens (primary N) is 1. The molecule has 0 amide bonds. The van der Waals surface area contributed by atoms with Crippen LogP contribution in [0.1, 0.15) is 0 Å². The van der Waals surface area contributed by atoms with E-state index >= 15 is 0 Å². The van der Waals surface area contributed by atoms with Gasteiger partial charge in [-0.25, -0.2) is 0 Å². The number of benzene rings is 6. The molecule has 2 nitrogen and oxygen atoms in total. The van der Waals surface area contributed by atoms with E-state index in [0.29, 0.717) is 6.54 Å². The van der Waals surface area contributed by atoms with Crippen LogP contribution < -0.4 is 41.6 Å². The predicted octanol–water partition coefficient (Wildman–Crippen LogP) is 4.82. The maximum absolute atomic E-state index is 6.39. The maximum atomic E-state index is 6.39. The van der Waals surface area contributed by atoms with Crippen LogP contribution >= 0.6 is 11.2 Å². The van der Waals surface area contributed by atoms with Gasteiger partial charge in [0.15, 0.2) is 0 Å². The molecule has 6 aromatic carbocycles. The van der Waals surface area contributed by atoms with Gasteiger partial charge in [0.2, 0.25) is 0 Å². The van der Waals surface area contributed by atoms with Crippen molar-refractivity contribution in [3.8, 4) is 0 Å². The van der Waals surface area contributed by atoms with Gasteiger partial charge in [-0.05, 0) is 0 Å². The molecule has 0 unspecified atom stereocenters. The Kier molecular flexibility index (Phi) is 9.70. The molecule has 0 aliphatic heterocycles. The summed E-state index contributed by atoms with van der Waals surface area (Å²) in [6, 6.07) is 68.6. The molecule has 43 heavy (non-hydrogen) atoms. The van der Waals surface area contributed by atoms with Crippen LogP contribution in [0.2, 0.25) is 0 Å². The third kappa shape index (κ3) is 5.58. The Bertz CT molecular complexity index is 1370. The Balaban J connectivity index is 1.85. The molecule has 0 spiro atoms. The van der Waals surface area contributed by atoms with E-state index in [9.17, 15) is 0 Å². The summed E-state index contributed by atoms with van der Waals surface area (Å²) in [5, 5.41) is 8.80. The van der Waals surface area contributed by atoms with Crippen LogP contribution in [0, 0.1) is 0 Å². The molecule has 0 saturated heterocycles. The van der Waals surface area contributed by atoms with Gasteiger partial charge < -0.3 is 0 Å². The van der Waals surface area contributed by atoms with Gasteiger partial charge in [-0.3, -0.25) is 0 Å². The van der Waals surface area contributed by atoms with Crippen molar-refractivity contribution in [3.63, 3.8) is 0 Å². The van der Waals surface area contributed by atoms with Crippen molar-refractivity contribution >= 4 is 43.0 Å². The van der Waals surface area contributed by atoms with E-state index in [1.165, 1.54) is 31.8 Å². The van der Waals surface area contributed by atoms with E-state index in [4.69, 9.17) is 5.73 Å². The van der Waals surface area contributed by atoms with Gasteiger partial charge >= 0.3 is 263 Å². The van der Waals surface area contributed by atoms with Crippen molar-refractivity contribution in [1.29, 1.82) is 0 Å². The van der Waals surface area contributed by atoms with E-state index in [2.05, 4.69) is 186 Å². The summed E-state index contributed by atoms with van der Waals surface area (Å²) in [7, 11) is 0. The molecule has 0 radical (unpaired) electrons. The molecule has 6 aromatic rings. The number of hydrogen-bond donors (Lipinski definition) is 2. The van der Waals surface area contributed by atoms with Crippen molar-refractivity contribution in [2.24, 2.45) is 5.73 Å². The van der Waals surface area contributed by atoms with Gasteiger partial charge in [-0.15, -0.1) is 0 Å². The molecule has 221 valence electrons. The molecule has 6 rings (SSSR count). The predicted molar refractivity (Wildman–Crippen MR) is 193 cm³/mol. The Labute approximate surface area is 261 Å². The first-order valence-corrected chi connectivity index (χ1v) is 25.7. The van der Waals surface area contributed by atoms with Gasteiger partial charge in [0.1, 0.15) is 0 Å². The third-order valence-corrected chi connectivity index (χ3v) is 49.4. The molecule has 5 heteroatoms. The van der Waals surface area contributed by atoms with Crippen LogP contribution in [-0.2, 0) is 15.2 Å². The Hall–Kier alpha value is -3.28. The van der Waals surface area contributed by atoms with Gasteiger partial charge in [-0.2, -0.15) is 0 Å². The molecule has 0 aromatic heterocycles. The van der Waals surface area contributed by atoms with Crippen molar-refractivity contribution < 1.29 is 15.2 Å². The molecule has 0 bridgehead atoms. The number of rotatable bonds is 11. The van der Waals surface area contributed by atoms with Crippen LogP contribution in [0.15, 0.2) is 182 Å². The summed E-state index contributed by atoms with van der Waals surface area (Å²) >= 11 is -2.67. The van der Waals surface area contributed by atoms with Gasteiger partial charge in [0.25, 0.3) is 0 Å². The van der Waals surface area contributed by atoms with Crippen LogP contribution in [0.4, 0.5) is 0 Å². The zero-order valence-electron chi connectivity index (χ0n) is 24.2. The topological polar surface area (TPSA) is 38.0 Å². The fourth-order valence-electron chi connectivity index (χ4n) is 6.35. The van der Waals surface area contributed by atoms with Crippen LogP contribution in [0.25, 0.3) is 0 Å². The summed E-state index contributed by atoms with van der Waals surface area (Å²) in [4.78, 5) is 0. The minimum absolute atomic E-state index is 0.600. The van der Waals surface area contributed by atoms with E-state index in [-0.39, 0.29) is 0 Å². The van der Waals surface area contributed by atoms with Crippen molar-refractivity contribution in [2.75, 3.05) is 13.1 Å². The average molecular weight is 689 g/mol. The summed E-state index contributed by atoms with van der Waals surface area (Å²) in [6.07, 6.45) is 0. The van der Waals surface area contributed by atoms with E-state index in [1.54, 1.807) is 0 Å². The second-order valence-corrected chi connectivity index (χ2v) is 35.2. The van der Waals surface area contributed by atoms with E-state index in [1.807, 2.05) is 0 Å². The monoisotopic (exact) mass is 689 g/mol. The second kappa shape index (κ2) is 14.0. The van der Waals surface area contributed by atoms with Gasteiger partial charge in [0, 0.05) is 0 Å². The van der Waals surface area contributed by atoms with Crippen LogP contribution in [0.5, 0.6) is 0 Å². The molecular weight excluding hydrogens is 647 g/mol. The summed E-state index contributed by atoms with van der Waals surface area (Å²) in [5.74, 6) is 0. The van der Waals surface area contributed by atoms with Gasteiger partial charge in [0.05, 0.1) is 0 Å². The minimum atomic E-state index is -2.71. The SMILES string of the molecule is NCC[NH][RuH2]([PH](c1ccccc1)(c1ccccc1)c1ccccc1)[PH](c1ccccc1)(c1ccccc1)c1ccccc1. The Morgan fingerprint density at radius 2 is 0.581 bits per heavy atom. The summed E-state index contributed by atoms with van der Waals surface area (Å²) < 4.78 is 4.41. The standard InChI is InChI=1S/2C18H15P.C2H7N2.Ru.2H/c2*1-4-10-16(11-5-1)19(17-12-6-2-7-13-17)18-14-8-3-9-15-18;3-1-2-4;;;/h2*1-15H;3H,1-2,4H2;;;/q;;2*-1;;/p+2. The van der Waals surface area contributed by atoms with E-state index < -0.39 is 26.4 Å². The number of hydrogen-bond acceptors (Lipinski definition) is 2. The summed E-state index contributed by atoms with van der Waals surface area (Å²) in [6.45, 7) is 1.39. The number of nitrogens with one attached hydrogen (secondary N) is 1. The molecule has 0 aliphatic carbocycles. The normalized spacial score (nSPS) is 12.8. The molecule has 0 aliphatic rings. The van der Waals surface area contributed by atoms with Gasteiger partial charge in [-0.1, -0.05) is 0 Å². The Morgan fingerprint density at radius 3 is 0.767 bits per heavy atom. The molecular formula is C38H41N2P2Ru. The third-order valence-electron chi connectivity index (χ3n) is 8.09. The zero-order valence-corrected chi connectivity index (χ0v) is 28.2. The molecule has 0 fully saturated rings. The van der Waals surface area contributed by atoms with E-state index in [0.717, 1.165) is 6.54 Å².